The Hall–Kier alpha value is -3.81. The predicted octanol–water partition coefficient (Wildman–Crippen LogP) is 3.34. The van der Waals surface area contributed by atoms with Gasteiger partial charge in [-0.3, -0.25) is 14.2 Å². The van der Waals surface area contributed by atoms with E-state index < -0.39 is 28.9 Å². The number of hydrogen-bond acceptors (Lipinski definition) is 6. The number of halogens is 3. The molecule has 1 aromatic carbocycles. The number of nitrogens with zero attached hydrogens (tertiary/aromatic N) is 4. The molecule has 3 aliphatic rings. The zero-order valence-corrected chi connectivity index (χ0v) is 22.6. The molecule has 2 aliphatic heterocycles. The molecule has 2 aromatic heterocycles. The first kappa shape index (κ1) is 25.5. The van der Waals surface area contributed by atoms with Gasteiger partial charge in [-0.2, -0.15) is 0 Å². The molecule has 6 rings (SSSR count). The van der Waals surface area contributed by atoms with Crippen LogP contribution in [-0.2, 0) is 4.79 Å². The van der Waals surface area contributed by atoms with E-state index in [1.54, 1.807) is 35.4 Å². The zero-order chi connectivity index (χ0) is 27.3. The summed E-state index contributed by atoms with van der Waals surface area (Å²) in [5, 5.41) is 6.07. The highest BCUT2D eigenvalue weighted by Crippen LogP contribution is 2.28. The van der Waals surface area contributed by atoms with E-state index in [0.717, 1.165) is 15.8 Å². The van der Waals surface area contributed by atoms with E-state index in [0.29, 0.717) is 37.1 Å². The van der Waals surface area contributed by atoms with Gasteiger partial charge >= 0.3 is 5.69 Å². The normalized spacial score (nSPS) is 22.2. The lowest BCUT2D eigenvalue weighted by atomic mass is 9.90. The Kier molecular flexibility index (Phi) is 6.57. The molecule has 39 heavy (non-hydrogen) atoms. The highest BCUT2D eigenvalue weighted by molar-refractivity contribution is 14.1. The van der Waals surface area contributed by atoms with E-state index in [1.165, 1.54) is 21.4 Å². The van der Waals surface area contributed by atoms with Gasteiger partial charge in [-0.15, -0.1) is 0 Å². The quantitative estimate of drug-likeness (QED) is 0.423. The van der Waals surface area contributed by atoms with Gasteiger partial charge in [0.05, 0.1) is 17.3 Å². The van der Waals surface area contributed by atoms with Crippen LogP contribution in [0.1, 0.15) is 31.7 Å². The lowest BCUT2D eigenvalue weighted by Gasteiger charge is -2.30. The van der Waals surface area contributed by atoms with Crippen molar-refractivity contribution in [2.24, 2.45) is 0 Å². The Bertz CT molecular complexity index is 1700. The molecule has 0 spiro atoms. The number of pyridine rings is 1. The summed E-state index contributed by atoms with van der Waals surface area (Å²) in [5.41, 5.74) is -0.154. The van der Waals surface area contributed by atoms with Crippen molar-refractivity contribution in [1.29, 1.82) is 0 Å². The van der Waals surface area contributed by atoms with Crippen LogP contribution in [0.3, 0.4) is 0 Å². The number of nitrogens with one attached hydrogen (secondary N) is 2. The van der Waals surface area contributed by atoms with Crippen molar-refractivity contribution in [1.82, 2.24) is 29.7 Å². The van der Waals surface area contributed by atoms with Gasteiger partial charge in [0, 0.05) is 28.1 Å². The average Bonchev–Trinajstić information content (AvgIpc) is 3.34. The number of aromatic nitrogens is 3. The minimum Gasteiger partial charge on any atom is -0.356 e. The fraction of sp³-hybridized carbons (Fsp3) is 0.259. The maximum atomic E-state index is 14.1. The van der Waals surface area contributed by atoms with Crippen molar-refractivity contribution in [3.05, 3.63) is 103 Å². The predicted molar refractivity (Wildman–Crippen MR) is 149 cm³/mol. The minimum atomic E-state index is -0.662. The fourth-order valence-electron chi connectivity index (χ4n) is 5.35. The Morgan fingerprint density at radius 2 is 1.90 bits per heavy atom. The van der Waals surface area contributed by atoms with Crippen LogP contribution < -0.4 is 21.9 Å². The summed E-state index contributed by atoms with van der Waals surface area (Å²) < 4.78 is 31.1. The van der Waals surface area contributed by atoms with Crippen LogP contribution in [0, 0.1) is 9.39 Å². The molecule has 4 heterocycles. The third kappa shape index (κ3) is 4.77. The van der Waals surface area contributed by atoms with Gasteiger partial charge in [-0.1, -0.05) is 6.07 Å². The van der Waals surface area contributed by atoms with Crippen LogP contribution in [-0.4, -0.2) is 37.1 Å². The number of carbonyl (C=O) groups excluding carboxylic acids is 1. The third-order valence-electron chi connectivity index (χ3n) is 7.21. The zero-order valence-electron chi connectivity index (χ0n) is 20.5. The van der Waals surface area contributed by atoms with Crippen LogP contribution >= 0.6 is 22.6 Å². The Morgan fingerprint density at radius 3 is 2.67 bits per heavy atom. The van der Waals surface area contributed by atoms with Gasteiger partial charge in [-0.05, 0) is 84.7 Å². The molecule has 3 aromatic rings. The van der Waals surface area contributed by atoms with Crippen molar-refractivity contribution < 1.29 is 13.6 Å². The fourth-order valence-corrected chi connectivity index (χ4v) is 5.88. The minimum absolute atomic E-state index is 0.0270. The second kappa shape index (κ2) is 10.1. The van der Waals surface area contributed by atoms with Crippen molar-refractivity contribution in [2.75, 3.05) is 0 Å². The maximum Gasteiger partial charge on any atom is 0.337 e. The largest absolute Gasteiger partial charge is 0.356 e. The second-order valence-corrected chi connectivity index (χ2v) is 11.0. The number of amides is 1. The lowest BCUT2D eigenvalue weighted by molar-refractivity contribution is -0.118. The van der Waals surface area contributed by atoms with E-state index in [-0.39, 0.29) is 29.1 Å². The molecule has 0 saturated heterocycles. The van der Waals surface area contributed by atoms with Gasteiger partial charge in [0.2, 0.25) is 0 Å². The number of hydrogen-bond donors (Lipinski definition) is 2. The van der Waals surface area contributed by atoms with Crippen molar-refractivity contribution in [3.8, 4) is 5.69 Å². The average molecular weight is 644 g/mol. The summed E-state index contributed by atoms with van der Waals surface area (Å²) in [6, 6.07) is 7.75. The molecule has 1 aliphatic carbocycles. The van der Waals surface area contributed by atoms with Gasteiger partial charge in [-0.25, -0.2) is 23.1 Å². The van der Waals surface area contributed by atoms with E-state index in [4.69, 9.17) is 0 Å². The maximum absolute atomic E-state index is 14.1. The molecule has 200 valence electrons. The summed E-state index contributed by atoms with van der Waals surface area (Å²) in [6.07, 6.45) is 8.55. The van der Waals surface area contributed by atoms with Crippen LogP contribution in [0.5, 0.6) is 0 Å². The molecule has 2 N–H and O–H groups in total. The molecular weight excluding hydrogens is 621 g/mol. The Labute approximate surface area is 234 Å². The molecule has 0 bridgehead atoms. The van der Waals surface area contributed by atoms with Crippen LogP contribution in [0.2, 0.25) is 0 Å². The molecule has 1 unspecified atom stereocenters. The second-order valence-electron chi connectivity index (χ2n) is 9.73. The van der Waals surface area contributed by atoms with E-state index in [2.05, 4.69) is 38.2 Å². The standard InChI is InChI=1S/C27H23F2IN6O3/c28-15-4-9-23-33-22(14-34(23)13-15)25(37)32-18-5-7-19(8-6-18)36-26(38)21-10-16(29)12-31-24(21)35(27(36)39)20-3-1-2-17(30)11-20/h1-4,9-14,18-19,23,33H,5-8H2,(H,32,37). The number of fused-ring (bicyclic) bond motifs is 2. The highest BCUT2D eigenvalue weighted by Gasteiger charge is 2.31. The smallest absolute Gasteiger partial charge is 0.337 e. The number of rotatable bonds is 4. The number of carbonyl (C=O) groups is 1. The first-order valence-corrected chi connectivity index (χ1v) is 13.6. The molecule has 12 heteroatoms. The topological polar surface area (TPSA) is 101 Å². The van der Waals surface area contributed by atoms with Crippen LogP contribution in [0.15, 0.2) is 82.2 Å². The number of benzene rings is 1. The molecule has 9 nitrogen and oxygen atoms in total. The SMILES string of the molecule is O=C(NC1CCC(n2c(=O)c3cc(F)cnc3n(-c3cccc(I)c3)c2=O)CC1)C1=CN2C=C(F)C=CC2N1. The molecular formula is C27H23F2IN6O3. The Morgan fingerprint density at radius 1 is 1.10 bits per heavy atom. The van der Waals surface area contributed by atoms with E-state index in [1.807, 2.05) is 6.07 Å². The lowest BCUT2D eigenvalue weighted by Crippen LogP contribution is -2.46. The van der Waals surface area contributed by atoms with Crippen LogP contribution in [0.25, 0.3) is 16.7 Å². The molecule has 1 atom stereocenters. The van der Waals surface area contributed by atoms with E-state index in [9.17, 15) is 23.2 Å². The van der Waals surface area contributed by atoms with Crippen LogP contribution in [0.4, 0.5) is 8.78 Å². The number of allylic oxidation sites excluding steroid dienone is 2. The first-order valence-electron chi connectivity index (χ1n) is 12.5. The molecule has 0 radical (unpaired) electrons. The Balaban J connectivity index is 1.25. The van der Waals surface area contributed by atoms with Crippen molar-refractivity contribution in [3.63, 3.8) is 0 Å². The monoisotopic (exact) mass is 644 g/mol. The van der Waals surface area contributed by atoms with Gasteiger partial charge in [0.15, 0.2) is 5.65 Å². The highest BCUT2D eigenvalue weighted by atomic mass is 127. The van der Waals surface area contributed by atoms with Crippen molar-refractivity contribution >= 4 is 39.5 Å². The molecule has 1 saturated carbocycles. The third-order valence-corrected chi connectivity index (χ3v) is 7.88. The van der Waals surface area contributed by atoms with Crippen molar-refractivity contribution in [2.45, 2.75) is 43.9 Å². The van der Waals surface area contributed by atoms with Gasteiger partial charge < -0.3 is 15.5 Å². The summed E-state index contributed by atoms with van der Waals surface area (Å²) >= 11 is 2.13. The van der Waals surface area contributed by atoms with Gasteiger partial charge in [0.25, 0.3) is 11.5 Å². The van der Waals surface area contributed by atoms with E-state index >= 15 is 0 Å². The molecule has 1 fully saturated rings. The summed E-state index contributed by atoms with van der Waals surface area (Å²) in [4.78, 5) is 45.7. The summed E-state index contributed by atoms with van der Waals surface area (Å²) in [6.45, 7) is 0. The summed E-state index contributed by atoms with van der Waals surface area (Å²) in [7, 11) is 0. The molecule has 1 amide bonds. The van der Waals surface area contributed by atoms with Gasteiger partial charge in [0.1, 0.15) is 23.5 Å². The summed E-state index contributed by atoms with van der Waals surface area (Å²) in [5.74, 6) is -1.36. The first-order chi connectivity index (χ1) is 18.8.